The minimum atomic E-state index is -3.58. The van der Waals surface area contributed by atoms with Crippen molar-refractivity contribution in [3.05, 3.63) is 47.8 Å². The largest absolute Gasteiger partial charge is 0.481 e. The number of hydrogen-bond donors (Lipinski definition) is 0. The van der Waals surface area contributed by atoms with Gasteiger partial charge in [-0.15, -0.1) is 10.2 Å². The molecule has 0 aromatic carbocycles. The zero-order valence-electron chi connectivity index (χ0n) is 19.9. The second-order valence-electron chi connectivity index (χ2n) is 8.60. The van der Waals surface area contributed by atoms with Gasteiger partial charge in [0, 0.05) is 43.6 Å². The Morgan fingerprint density at radius 3 is 2.59 bits per heavy atom. The molecule has 1 aliphatic heterocycles. The Balaban J connectivity index is 1.67. The first kappa shape index (κ1) is 24.2. The zero-order chi connectivity index (χ0) is 24.3. The van der Waals surface area contributed by atoms with Crippen molar-refractivity contribution in [2.75, 3.05) is 20.3 Å². The Kier molecular flexibility index (Phi) is 7.22. The first-order valence-electron chi connectivity index (χ1n) is 11.3. The second kappa shape index (κ2) is 10.1. The van der Waals surface area contributed by atoms with E-state index in [0.29, 0.717) is 42.1 Å². The highest BCUT2D eigenvalue weighted by Gasteiger charge is 2.33. The van der Waals surface area contributed by atoms with Crippen LogP contribution in [0.4, 0.5) is 0 Å². The van der Waals surface area contributed by atoms with Crippen LogP contribution in [0.1, 0.15) is 55.9 Å². The molecule has 0 amide bonds. The summed E-state index contributed by atoms with van der Waals surface area (Å²) in [5.41, 5.74) is 2.02. The number of hydrogen-bond acceptors (Lipinski definition) is 9. The molecule has 4 heterocycles. The lowest BCUT2D eigenvalue weighted by atomic mass is 10.1. The van der Waals surface area contributed by atoms with E-state index in [2.05, 4.69) is 25.1 Å². The molecule has 34 heavy (non-hydrogen) atoms. The van der Waals surface area contributed by atoms with Crippen LogP contribution in [0, 0.1) is 6.92 Å². The Morgan fingerprint density at radius 2 is 1.91 bits per heavy atom. The second-order valence-corrected chi connectivity index (χ2v) is 11.0. The van der Waals surface area contributed by atoms with Crippen molar-refractivity contribution in [3.8, 4) is 17.4 Å². The molecule has 3 aromatic rings. The molecule has 0 N–H and O–H groups in total. The van der Waals surface area contributed by atoms with E-state index in [4.69, 9.17) is 9.47 Å². The summed E-state index contributed by atoms with van der Waals surface area (Å²) >= 11 is 0. The van der Waals surface area contributed by atoms with Crippen molar-refractivity contribution in [2.45, 2.75) is 56.6 Å². The fraction of sp³-hybridized carbons (Fsp3) is 0.522. The third kappa shape index (κ3) is 5.10. The van der Waals surface area contributed by atoms with E-state index < -0.39 is 15.1 Å². The van der Waals surface area contributed by atoms with Crippen molar-refractivity contribution < 1.29 is 17.9 Å². The molecule has 2 atom stereocenters. The molecule has 4 rings (SSSR count). The summed E-state index contributed by atoms with van der Waals surface area (Å²) in [6, 6.07) is 5.42. The zero-order valence-corrected chi connectivity index (χ0v) is 20.7. The van der Waals surface area contributed by atoms with Gasteiger partial charge < -0.3 is 14.0 Å². The maximum absolute atomic E-state index is 13.5. The molecular formula is C23H30N6O4S. The first-order valence-corrected chi connectivity index (χ1v) is 13.0. The van der Waals surface area contributed by atoms with E-state index in [9.17, 15) is 8.42 Å². The van der Waals surface area contributed by atoms with Crippen molar-refractivity contribution in [1.29, 1.82) is 0 Å². The summed E-state index contributed by atoms with van der Waals surface area (Å²) in [6.07, 6.45) is 4.78. The summed E-state index contributed by atoms with van der Waals surface area (Å²) in [5, 5.41) is 8.00. The van der Waals surface area contributed by atoms with Gasteiger partial charge in [-0.1, -0.05) is 13.0 Å². The van der Waals surface area contributed by atoms with Gasteiger partial charge >= 0.3 is 0 Å². The summed E-state index contributed by atoms with van der Waals surface area (Å²) in [7, 11) is -2.03. The van der Waals surface area contributed by atoms with E-state index in [1.165, 1.54) is 0 Å². The maximum Gasteiger partial charge on any atom is 0.213 e. The number of pyridine rings is 1. The molecule has 0 radical (unpaired) electrons. The number of ether oxygens (including phenoxy) is 2. The molecule has 3 aromatic heterocycles. The molecule has 11 heteroatoms. The third-order valence-corrected chi connectivity index (χ3v) is 8.55. The SMILES string of the molecule is COc1cccc(-c2nnc(CS(=O)(=O)[C@@H](C)[C@H](C)c3cnc(C)cn3)n2C2CCOCC2)n1. The molecule has 10 nitrogen and oxygen atoms in total. The van der Waals surface area contributed by atoms with Gasteiger partial charge in [-0.2, -0.15) is 0 Å². The van der Waals surface area contributed by atoms with Crippen LogP contribution in [0.3, 0.4) is 0 Å². The van der Waals surface area contributed by atoms with E-state index in [1.54, 1.807) is 32.5 Å². The molecule has 0 saturated carbocycles. The summed E-state index contributed by atoms with van der Waals surface area (Å²) in [6.45, 7) is 6.61. The molecule has 0 unspecified atom stereocenters. The van der Waals surface area contributed by atoms with Crippen LogP contribution in [0.25, 0.3) is 11.5 Å². The Labute approximate surface area is 199 Å². The summed E-state index contributed by atoms with van der Waals surface area (Å²) in [5.74, 6) is 0.833. The highest BCUT2D eigenvalue weighted by molar-refractivity contribution is 7.91. The van der Waals surface area contributed by atoms with Gasteiger partial charge in [0.05, 0.1) is 23.7 Å². The van der Waals surface area contributed by atoms with Crippen LogP contribution in [0.5, 0.6) is 5.88 Å². The van der Waals surface area contributed by atoms with E-state index in [1.807, 2.05) is 30.5 Å². The number of sulfone groups is 1. The topological polar surface area (TPSA) is 122 Å². The number of methoxy groups -OCH3 is 1. The standard InChI is InChI=1S/C23H30N6O4S/c1-15-12-25-20(13-24-15)16(2)17(3)34(30,31)14-21-27-28-23(19-6-5-7-22(26-19)32-4)29(21)18-8-10-33-11-9-18/h5-7,12-13,16-18H,8-11,14H2,1-4H3/t16-,17-/m0/s1. The van der Waals surface area contributed by atoms with Crippen molar-refractivity contribution in [3.63, 3.8) is 0 Å². The van der Waals surface area contributed by atoms with Gasteiger partial charge in [0.1, 0.15) is 17.3 Å². The molecule has 182 valence electrons. The van der Waals surface area contributed by atoms with Gasteiger partial charge in [0.25, 0.3) is 0 Å². The predicted octanol–water partition coefficient (Wildman–Crippen LogP) is 2.91. The highest BCUT2D eigenvalue weighted by Crippen LogP contribution is 2.31. The number of rotatable bonds is 8. The lowest BCUT2D eigenvalue weighted by Crippen LogP contribution is -2.28. The van der Waals surface area contributed by atoms with Crippen LogP contribution >= 0.6 is 0 Å². The highest BCUT2D eigenvalue weighted by atomic mass is 32.2. The smallest absolute Gasteiger partial charge is 0.213 e. The van der Waals surface area contributed by atoms with E-state index in [0.717, 1.165) is 18.5 Å². The average molecular weight is 487 g/mol. The van der Waals surface area contributed by atoms with Crippen LogP contribution in [0.15, 0.2) is 30.6 Å². The van der Waals surface area contributed by atoms with Gasteiger partial charge in [0.15, 0.2) is 15.7 Å². The molecular weight excluding hydrogens is 456 g/mol. The Morgan fingerprint density at radius 1 is 1.15 bits per heavy atom. The fourth-order valence-corrected chi connectivity index (χ4v) is 5.66. The third-order valence-electron chi connectivity index (χ3n) is 6.35. The van der Waals surface area contributed by atoms with Crippen LogP contribution in [-0.4, -0.2) is 63.7 Å². The molecule has 1 fully saturated rings. The van der Waals surface area contributed by atoms with Crippen molar-refractivity contribution in [1.82, 2.24) is 29.7 Å². The quantitative estimate of drug-likeness (QED) is 0.473. The van der Waals surface area contributed by atoms with Crippen LogP contribution in [0.2, 0.25) is 0 Å². The normalized spacial score (nSPS) is 16.8. The van der Waals surface area contributed by atoms with E-state index >= 15 is 0 Å². The van der Waals surface area contributed by atoms with Crippen LogP contribution < -0.4 is 4.74 Å². The lowest BCUT2D eigenvalue weighted by Gasteiger charge is -2.26. The number of aromatic nitrogens is 6. The number of nitrogens with zero attached hydrogens (tertiary/aromatic N) is 6. The lowest BCUT2D eigenvalue weighted by molar-refractivity contribution is 0.0693. The molecule has 1 aliphatic rings. The summed E-state index contributed by atoms with van der Waals surface area (Å²) in [4.78, 5) is 13.1. The summed E-state index contributed by atoms with van der Waals surface area (Å²) < 4.78 is 39.7. The average Bonchev–Trinajstić information content (AvgIpc) is 3.27. The minimum absolute atomic E-state index is 0.0210. The van der Waals surface area contributed by atoms with Crippen molar-refractivity contribution in [2.24, 2.45) is 0 Å². The molecule has 0 aliphatic carbocycles. The molecule has 0 bridgehead atoms. The Hall–Kier alpha value is -2.92. The van der Waals surface area contributed by atoms with E-state index in [-0.39, 0.29) is 17.7 Å². The fourth-order valence-electron chi connectivity index (χ4n) is 4.08. The minimum Gasteiger partial charge on any atom is -0.481 e. The van der Waals surface area contributed by atoms with Crippen LogP contribution in [-0.2, 0) is 20.3 Å². The predicted molar refractivity (Wildman–Crippen MR) is 126 cm³/mol. The molecule has 0 spiro atoms. The Bertz CT molecular complexity index is 1220. The maximum atomic E-state index is 13.5. The van der Waals surface area contributed by atoms with Gasteiger partial charge in [0.2, 0.25) is 5.88 Å². The first-order chi connectivity index (χ1) is 16.3. The molecule has 1 saturated heterocycles. The van der Waals surface area contributed by atoms with Gasteiger partial charge in [-0.25, -0.2) is 13.4 Å². The monoisotopic (exact) mass is 486 g/mol. The van der Waals surface area contributed by atoms with Gasteiger partial charge in [-0.05, 0) is 32.8 Å². The number of aryl methyl sites for hydroxylation is 1. The van der Waals surface area contributed by atoms with Crippen molar-refractivity contribution >= 4 is 9.84 Å². The van der Waals surface area contributed by atoms with Gasteiger partial charge in [-0.3, -0.25) is 9.97 Å².